The van der Waals surface area contributed by atoms with Crippen molar-refractivity contribution in [3.63, 3.8) is 0 Å². The van der Waals surface area contributed by atoms with Gasteiger partial charge in [0.05, 0.1) is 0 Å². The van der Waals surface area contributed by atoms with E-state index >= 15 is 0 Å². The molecular weight excluding hydrogens is 400 g/mol. The normalized spacial score (nSPS) is 33.8. The molecule has 0 spiro atoms. The molecular formula is C25H32N6O. The van der Waals surface area contributed by atoms with Crippen molar-refractivity contribution in [2.45, 2.75) is 75.8 Å². The zero-order valence-electron chi connectivity index (χ0n) is 18.6. The molecule has 8 rings (SSSR count). The van der Waals surface area contributed by atoms with Gasteiger partial charge < -0.3 is 9.88 Å². The maximum atomic E-state index is 13.8. The molecule has 1 aromatic carbocycles. The number of carbonyl (C=O) groups excluding carboxylic acids is 1. The number of fused-ring (bicyclic) bond motifs is 1. The second-order valence-electron chi connectivity index (χ2n) is 10.9. The third-order valence-electron chi connectivity index (χ3n) is 8.89. The molecule has 6 aliphatic rings. The van der Waals surface area contributed by atoms with Gasteiger partial charge in [-0.05, 0) is 79.4 Å². The van der Waals surface area contributed by atoms with Gasteiger partial charge in [-0.1, -0.05) is 19.1 Å². The van der Waals surface area contributed by atoms with Crippen molar-refractivity contribution in [3.8, 4) is 0 Å². The molecule has 6 atom stereocenters. The number of aromatic amines is 1. The summed E-state index contributed by atoms with van der Waals surface area (Å²) < 4.78 is 0. The Kier molecular flexibility index (Phi) is 4.14. The molecule has 2 aromatic rings. The van der Waals surface area contributed by atoms with Gasteiger partial charge in [0.1, 0.15) is 5.84 Å². The minimum absolute atomic E-state index is 0.206. The van der Waals surface area contributed by atoms with Crippen molar-refractivity contribution in [2.75, 3.05) is 0 Å². The number of hydrogen-bond donors (Lipinski definition) is 4. The minimum Gasteiger partial charge on any atom is -0.361 e. The third-order valence-corrected chi connectivity index (χ3v) is 8.89. The van der Waals surface area contributed by atoms with Gasteiger partial charge in [-0.25, -0.2) is 5.53 Å². The van der Waals surface area contributed by atoms with Crippen LogP contribution in [0.5, 0.6) is 0 Å². The molecule has 4 heterocycles. The first-order valence-corrected chi connectivity index (χ1v) is 12.4. The molecule has 3 saturated carbocycles. The molecule has 4 bridgehead atoms. The van der Waals surface area contributed by atoms with Gasteiger partial charge in [-0.15, -0.1) is 10.6 Å². The first kappa shape index (κ1) is 19.0. The number of nitrogens with one attached hydrogen (secondary N) is 4. The van der Waals surface area contributed by atoms with Crippen molar-refractivity contribution in [3.05, 3.63) is 35.5 Å². The molecule has 7 nitrogen and oxygen atoms in total. The fourth-order valence-electron chi connectivity index (χ4n) is 7.52. The van der Waals surface area contributed by atoms with Gasteiger partial charge in [0.2, 0.25) is 5.91 Å². The van der Waals surface area contributed by atoms with Crippen LogP contribution in [0.2, 0.25) is 0 Å². The Labute approximate surface area is 188 Å². The number of H-pyrrole nitrogens is 1. The number of piperidine rings is 2. The van der Waals surface area contributed by atoms with Crippen LogP contribution in [0.25, 0.3) is 10.9 Å². The van der Waals surface area contributed by atoms with Gasteiger partial charge in [0.25, 0.3) is 0 Å². The second kappa shape index (κ2) is 6.98. The number of hydrazine groups is 2. The Morgan fingerprint density at radius 1 is 1.22 bits per heavy atom. The Bertz CT molecular complexity index is 1100. The monoisotopic (exact) mass is 432 g/mol. The summed E-state index contributed by atoms with van der Waals surface area (Å²) in [6, 6.07) is 7.32. The Morgan fingerprint density at radius 2 is 2.12 bits per heavy atom. The predicted molar refractivity (Wildman–Crippen MR) is 124 cm³/mol. The van der Waals surface area contributed by atoms with Crippen LogP contribution in [-0.2, 0) is 4.79 Å². The van der Waals surface area contributed by atoms with Crippen LogP contribution >= 0.6 is 0 Å². The largest absolute Gasteiger partial charge is 0.361 e. The molecule has 6 unspecified atom stereocenters. The van der Waals surface area contributed by atoms with E-state index in [-0.39, 0.29) is 12.0 Å². The number of nitrogens with zero attached hydrogens (tertiary/aromatic N) is 2. The molecule has 4 N–H and O–H groups in total. The molecule has 2 saturated heterocycles. The number of carbonyl (C=O) groups is 1. The van der Waals surface area contributed by atoms with E-state index in [1.165, 1.54) is 47.7 Å². The van der Waals surface area contributed by atoms with Crippen LogP contribution in [-0.4, -0.2) is 33.7 Å². The highest BCUT2D eigenvalue weighted by Crippen LogP contribution is 2.53. The zero-order valence-corrected chi connectivity index (χ0v) is 18.6. The molecule has 3 aliphatic heterocycles. The average molecular weight is 433 g/mol. The van der Waals surface area contributed by atoms with Crippen molar-refractivity contribution in [1.29, 1.82) is 0 Å². The lowest BCUT2D eigenvalue weighted by atomic mass is 9.58. The number of amidine groups is 1. The number of aromatic nitrogens is 1. The summed E-state index contributed by atoms with van der Waals surface area (Å²) in [6.07, 6.45) is 10.0. The van der Waals surface area contributed by atoms with Crippen molar-refractivity contribution in [2.24, 2.45) is 22.9 Å². The first-order chi connectivity index (χ1) is 15.7. The summed E-state index contributed by atoms with van der Waals surface area (Å²) in [7, 11) is 0. The summed E-state index contributed by atoms with van der Waals surface area (Å²) in [5.41, 5.74) is 12.9. The second-order valence-corrected chi connectivity index (χ2v) is 10.9. The fraction of sp³-hybridized carbons (Fsp3) is 0.600. The Hall–Kier alpha value is -2.54. The topological polar surface area (TPSA) is 84.6 Å². The number of hydrazone groups is 1. The highest BCUT2D eigenvalue weighted by molar-refractivity contribution is 5.90. The van der Waals surface area contributed by atoms with Gasteiger partial charge >= 0.3 is 0 Å². The summed E-state index contributed by atoms with van der Waals surface area (Å²) >= 11 is 0. The molecule has 168 valence electrons. The van der Waals surface area contributed by atoms with Crippen LogP contribution in [0.1, 0.15) is 74.8 Å². The van der Waals surface area contributed by atoms with Crippen molar-refractivity contribution >= 4 is 22.6 Å². The van der Waals surface area contributed by atoms with Crippen LogP contribution in [0.15, 0.2) is 29.5 Å². The number of amides is 1. The molecule has 7 heteroatoms. The van der Waals surface area contributed by atoms with Gasteiger partial charge in [0, 0.05) is 41.5 Å². The predicted octanol–water partition coefficient (Wildman–Crippen LogP) is 3.48. The molecule has 5 fully saturated rings. The van der Waals surface area contributed by atoms with Crippen LogP contribution in [0.3, 0.4) is 0 Å². The summed E-state index contributed by atoms with van der Waals surface area (Å²) in [6.45, 7) is 2.23. The highest BCUT2D eigenvalue weighted by Gasteiger charge is 2.55. The molecule has 0 radical (unpaired) electrons. The lowest BCUT2D eigenvalue weighted by molar-refractivity contribution is -0.153. The summed E-state index contributed by atoms with van der Waals surface area (Å²) in [5.74, 6) is 3.95. The SMILES string of the molecule is CC(CC(=O)N1C2CC3CC(C2)C(C2=NNNN2)C1C3)c1c[nH]c2cccc(C3CC3)c12. The van der Waals surface area contributed by atoms with Crippen molar-refractivity contribution in [1.82, 2.24) is 26.4 Å². The van der Waals surface area contributed by atoms with E-state index in [1.807, 2.05) is 0 Å². The quantitative estimate of drug-likeness (QED) is 0.583. The lowest BCUT2D eigenvalue weighted by Gasteiger charge is -2.60. The number of benzene rings is 1. The third kappa shape index (κ3) is 2.83. The van der Waals surface area contributed by atoms with E-state index in [0.717, 1.165) is 24.6 Å². The van der Waals surface area contributed by atoms with E-state index in [9.17, 15) is 4.79 Å². The fourth-order valence-corrected chi connectivity index (χ4v) is 7.52. The van der Waals surface area contributed by atoms with Gasteiger partial charge in [-0.2, -0.15) is 0 Å². The molecule has 3 aliphatic carbocycles. The van der Waals surface area contributed by atoms with E-state index in [2.05, 4.69) is 62.8 Å². The molecule has 1 amide bonds. The van der Waals surface area contributed by atoms with Crippen LogP contribution < -0.4 is 16.5 Å². The molecule has 1 aromatic heterocycles. The van der Waals surface area contributed by atoms with Crippen LogP contribution in [0, 0.1) is 17.8 Å². The average Bonchev–Trinajstić information content (AvgIpc) is 3.29. The van der Waals surface area contributed by atoms with E-state index in [4.69, 9.17) is 0 Å². The van der Waals surface area contributed by atoms with E-state index in [0.29, 0.717) is 36.1 Å². The standard InChI is InChI=1S/C25H32N6O/c1-13(19-12-26-20-4-2-3-18(24(19)20)15-5-6-15)7-22(32)31-17-9-14-8-16(11-17)23(21(31)10-14)25-27-29-30-28-25/h2-4,12-17,21,23,26,29-30H,5-11H2,1H3,(H,27,28). The van der Waals surface area contributed by atoms with Gasteiger partial charge in [0.15, 0.2) is 0 Å². The smallest absolute Gasteiger partial charge is 0.223 e. The summed E-state index contributed by atoms with van der Waals surface area (Å²) in [4.78, 5) is 19.6. The summed E-state index contributed by atoms with van der Waals surface area (Å²) in [5, 5.41) is 5.82. The lowest BCUT2D eigenvalue weighted by Crippen LogP contribution is -2.66. The Morgan fingerprint density at radius 3 is 2.94 bits per heavy atom. The van der Waals surface area contributed by atoms with E-state index in [1.54, 1.807) is 0 Å². The van der Waals surface area contributed by atoms with Crippen molar-refractivity contribution < 1.29 is 4.79 Å². The van der Waals surface area contributed by atoms with E-state index < -0.39 is 0 Å². The zero-order chi connectivity index (χ0) is 21.4. The number of rotatable bonds is 5. The maximum Gasteiger partial charge on any atom is 0.223 e. The van der Waals surface area contributed by atoms with Gasteiger partial charge in [-0.3, -0.25) is 10.2 Å². The Balaban J connectivity index is 1.16. The first-order valence-electron chi connectivity index (χ1n) is 12.4. The minimum atomic E-state index is 0.206. The van der Waals surface area contributed by atoms with Crippen LogP contribution in [0.4, 0.5) is 0 Å². The molecule has 32 heavy (non-hydrogen) atoms. The highest BCUT2D eigenvalue weighted by atomic mass is 16.2. The maximum absolute atomic E-state index is 13.8. The number of hydrogen-bond acceptors (Lipinski definition) is 5.